The second-order valence-corrected chi connectivity index (χ2v) is 2.52. The van der Waals surface area contributed by atoms with Crippen LogP contribution < -0.4 is 5.43 Å². The maximum atomic E-state index is 10.8. The largest absolute Gasteiger partial charge is 0.272 e. The molecule has 2 rings (SSSR count). The van der Waals surface area contributed by atoms with E-state index in [1.54, 1.807) is 0 Å². The van der Waals surface area contributed by atoms with Crippen molar-refractivity contribution >= 4 is 11.6 Å². The number of hydrogen-bond acceptors (Lipinski definition) is 2. The number of carbonyl (C=O) groups excluding carboxylic acids is 1. The third kappa shape index (κ3) is 0.573. The van der Waals surface area contributed by atoms with Crippen LogP contribution in [0.2, 0.25) is 0 Å². The smallest absolute Gasteiger partial charge is 0.248 e. The van der Waals surface area contributed by atoms with Crippen LogP contribution in [0.25, 0.3) is 0 Å². The quantitative estimate of drug-likeness (QED) is 0.495. The van der Waals surface area contributed by atoms with Crippen LogP contribution in [0.15, 0.2) is 5.10 Å². The van der Waals surface area contributed by atoms with Gasteiger partial charge in [-0.05, 0) is 19.3 Å². The van der Waals surface area contributed by atoms with Crippen molar-refractivity contribution in [2.45, 2.75) is 19.3 Å². The first-order valence-electron chi connectivity index (χ1n) is 3.24. The number of nitrogens with one attached hydrogen (secondary N) is 1. The summed E-state index contributed by atoms with van der Waals surface area (Å²) in [5.41, 5.74) is 3.54. The van der Waals surface area contributed by atoms with Gasteiger partial charge in [0.05, 0.1) is 11.6 Å². The Morgan fingerprint density at radius 3 is 3.33 bits per heavy atom. The molecule has 0 radical (unpaired) electrons. The van der Waals surface area contributed by atoms with Crippen molar-refractivity contribution < 1.29 is 4.79 Å². The molecule has 9 heavy (non-hydrogen) atoms. The summed E-state index contributed by atoms with van der Waals surface area (Å²) in [7, 11) is 0. The van der Waals surface area contributed by atoms with Gasteiger partial charge in [-0.3, -0.25) is 4.79 Å². The van der Waals surface area contributed by atoms with Gasteiger partial charge in [-0.25, -0.2) is 5.43 Å². The molecule has 3 nitrogen and oxygen atoms in total. The molecule has 1 saturated carbocycles. The van der Waals surface area contributed by atoms with E-state index >= 15 is 0 Å². The lowest BCUT2D eigenvalue weighted by Gasteiger charge is -1.94. The van der Waals surface area contributed by atoms with E-state index in [-0.39, 0.29) is 11.8 Å². The molecule has 3 heteroatoms. The van der Waals surface area contributed by atoms with Crippen LogP contribution in [0.1, 0.15) is 19.3 Å². The Kier molecular flexibility index (Phi) is 0.860. The van der Waals surface area contributed by atoms with Crippen LogP contribution in [0.5, 0.6) is 0 Å². The minimum atomic E-state index is 0.0995. The molecule has 0 bridgehead atoms. The fourth-order valence-corrected chi connectivity index (χ4v) is 1.45. The maximum Gasteiger partial charge on any atom is 0.248 e. The molecule has 1 atom stereocenters. The number of hydrogen-bond donors (Lipinski definition) is 1. The molecule has 0 saturated heterocycles. The van der Waals surface area contributed by atoms with E-state index in [9.17, 15) is 4.79 Å². The molecule has 1 amide bonds. The summed E-state index contributed by atoms with van der Waals surface area (Å²) in [6.07, 6.45) is 3.16. The van der Waals surface area contributed by atoms with Gasteiger partial charge in [0.2, 0.25) is 5.91 Å². The van der Waals surface area contributed by atoms with Gasteiger partial charge >= 0.3 is 0 Å². The fourth-order valence-electron chi connectivity index (χ4n) is 1.45. The van der Waals surface area contributed by atoms with Crippen molar-refractivity contribution in [3.63, 3.8) is 0 Å². The fraction of sp³-hybridized carbons (Fsp3) is 0.667. The van der Waals surface area contributed by atoms with E-state index in [4.69, 9.17) is 0 Å². The molecular weight excluding hydrogens is 116 g/mol. The molecule has 1 heterocycles. The lowest BCUT2D eigenvalue weighted by atomic mass is 10.1. The summed E-state index contributed by atoms with van der Waals surface area (Å²) in [6.45, 7) is 0. The van der Waals surface area contributed by atoms with Crippen molar-refractivity contribution in [1.82, 2.24) is 5.43 Å². The predicted octanol–water partition coefficient (Wildman–Crippen LogP) is 0.272. The molecule has 1 aliphatic heterocycles. The molecular formula is C6H8N2O. The average molecular weight is 124 g/mol. The van der Waals surface area contributed by atoms with E-state index in [1.807, 2.05) is 0 Å². The Labute approximate surface area is 53.1 Å². The second kappa shape index (κ2) is 1.56. The Balaban J connectivity index is 2.28. The van der Waals surface area contributed by atoms with Gasteiger partial charge in [0.25, 0.3) is 0 Å². The molecule has 1 aliphatic carbocycles. The normalized spacial score (nSPS) is 31.8. The summed E-state index contributed by atoms with van der Waals surface area (Å²) in [6, 6.07) is 0. The van der Waals surface area contributed by atoms with Crippen LogP contribution in [0.4, 0.5) is 0 Å². The van der Waals surface area contributed by atoms with Crippen LogP contribution in [0.3, 0.4) is 0 Å². The number of nitrogens with zero attached hydrogens (tertiary/aromatic N) is 1. The zero-order chi connectivity index (χ0) is 6.27. The Morgan fingerprint density at radius 2 is 2.56 bits per heavy atom. The summed E-state index contributed by atoms with van der Waals surface area (Å²) in [5.74, 6) is 0.243. The van der Waals surface area contributed by atoms with E-state index in [1.165, 1.54) is 0 Å². The van der Waals surface area contributed by atoms with Crippen LogP contribution in [-0.4, -0.2) is 11.6 Å². The molecule has 1 unspecified atom stereocenters. The molecule has 1 fully saturated rings. The second-order valence-electron chi connectivity index (χ2n) is 2.52. The molecule has 2 aliphatic rings. The van der Waals surface area contributed by atoms with Gasteiger partial charge in [-0.1, -0.05) is 0 Å². The molecule has 0 aromatic carbocycles. The first-order chi connectivity index (χ1) is 4.38. The number of fused-ring (bicyclic) bond motifs is 1. The summed E-state index contributed by atoms with van der Waals surface area (Å²) in [4.78, 5) is 10.8. The topological polar surface area (TPSA) is 41.5 Å². The molecule has 0 aromatic rings. The summed E-state index contributed by atoms with van der Waals surface area (Å²) >= 11 is 0. The van der Waals surface area contributed by atoms with Gasteiger partial charge in [0.15, 0.2) is 0 Å². The predicted molar refractivity (Wildman–Crippen MR) is 32.9 cm³/mol. The zero-order valence-corrected chi connectivity index (χ0v) is 5.05. The van der Waals surface area contributed by atoms with Crippen molar-refractivity contribution in [3.8, 4) is 0 Å². The van der Waals surface area contributed by atoms with Gasteiger partial charge in [0.1, 0.15) is 0 Å². The maximum absolute atomic E-state index is 10.8. The lowest BCUT2D eigenvalue weighted by molar-refractivity contribution is -0.122. The standard InChI is InChI=1S/C6H8N2O/c9-6-4-2-1-3-5(4)7-8-6/h4H,1-3H2,(H,8,9). The highest BCUT2D eigenvalue weighted by molar-refractivity contribution is 6.09. The van der Waals surface area contributed by atoms with Crippen molar-refractivity contribution in [2.75, 3.05) is 0 Å². The highest BCUT2D eigenvalue weighted by Crippen LogP contribution is 2.25. The first kappa shape index (κ1) is 4.97. The van der Waals surface area contributed by atoms with Crippen molar-refractivity contribution in [3.05, 3.63) is 0 Å². The van der Waals surface area contributed by atoms with Crippen molar-refractivity contribution in [1.29, 1.82) is 0 Å². The Hall–Kier alpha value is -0.860. The third-order valence-electron chi connectivity index (χ3n) is 1.95. The zero-order valence-electron chi connectivity index (χ0n) is 5.05. The highest BCUT2D eigenvalue weighted by Gasteiger charge is 2.33. The van der Waals surface area contributed by atoms with Gasteiger partial charge in [-0.15, -0.1) is 0 Å². The van der Waals surface area contributed by atoms with Gasteiger partial charge < -0.3 is 0 Å². The van der Waals surface area contributed by atoms with Crippen LogP contribution in [0, 0.1) is 5.92 Å². The Bertz CT molecular complexity index is 185. The summed E-state index contributed by atoms with van der Waals surface area (Å²) < 4.78 is 0. The average Bonchev–Trinajstić information content (AvgIpc) is 2.35. The van der Waals surface area contributed by atoms with Crippen LogP contribution in [-0.2, 0) is 4.79 Å². The SMILES string of the molecule is O=C1NN=C2CCCC12. The lowest BCUT2D eigenvalue weighted by Crippen LogP contribution is -2.19. The van der Waals surface area contributed by atoms with Gasteiger partial charge in [0, 0.05) is 0 Å². The molecule has 1 N–H and O–H groups in total. The van der Waals surface area contributed by atoms with Crippen LogP contribution >= 0.6 is 0 Å². The Morgan fingerprint density at radius 1 is 1.67 bits per heavy atom. The van der Waals surface area contributed by atoms with E-state index in [2.05, 4.69) is 10.5 Å². The number of amides is 1. The third-order valence-corrected chi connectivity index (χ3v) is 1.95. The minimum Gasteiger partial charge on any atom is -0.272 e. The monoisotopic (exact) mass is 124 g/mol. The highest BCUT2D eigenvalue weighted by atomic mass is 16.2. The molecule has 0 aromatic heterocycles. The number of rotatable bonds is 0. The summed E-state index contributed by atoms with van der Waals surface area (Å²) in [5, 5.41) is 3.90. The molecule has 0 spiro atoms. The minimum absolute atomic E-state index is 0.0995. The van der Waals surface area contributed by atoms with E-state index in [0.717, 1.165) is 25.0 Å². The van der Waals surface area contributed by atoms with E-state index < -0.39 is 0 Å². The van der Waals surface area contributed by atoms with Crippen molar-refractivity contribution in [2.24, 2.45) is 11.0 Å². The van der Waals surface area contributed by atoms with Gasteiger partial charge in [-0.2, -0.15) is 5.10 Å². The number of hydrazone groups is 1. The number of carbonyl (C=O) groups is 1. The first-order valence-corrected chi connectivity index (χ1v) is 3.24. The van der Waals surface area contributed by atoms with E-state index in [0.29, 0.717) is 0 Å². The molecule has 48 valence electrons.